The highest BCUT2D eigenvalue weighted by atomic mass is 32.1. The van der Waals surface area contributed by atoms with E-state index in [4.69, 9.17) is 0 Å². The number of thiazole rings is 1. The van der Waals surface area contributed by atoms with Gasteiger partial charge in [0.05, 0.1) is 36.2 Å². The van der Waals surface area contributed by atoms with Crippen LogP contribution < -0.4 is 5.32 Å². The molecule has 1 unspecified atom stereocenters. The van der Waals surface area contributed by atoms with Gasteiger partial charge in [-0.05, 0) is 20.8 Å². The maximum Gasteiger partial charge on any atom is 0.358 e. The smallest absolute Gasteiger partial charge is 0.358 e. The fourth-order valence-corrected chi connectivity index (χ4v) is 2.80. The summed E-state index contributed by atoms with van der Waals surface area (Å²) in [5, 5.41) is 4.25. The van der Waals surface area contributed by atoms with Crippen molar-refractivity contribution >= 4 is 23.1 Å². The number of hydrogen-bond donors (Lipinski definition) is 1. The molecule has 2 aromatic rings. The molecule has 0 fully saturated rings. The number of carbonyl (C=O) groups excluding carboxylic acids is 1. The van der Waals surface area contributed by atoms with Gasteiger partial charge in [0.1, 0.15) is 5.82 Å². The first-order valence-corrected chi connectivity index (χ1v) is 6.93. The zero-order valence-electron chi connectivity index (χ0n) is 11.8. The molecule has 0 radical (unpaired) electrons. The van der Waals surface area contributed by atoms with Crippen LogP contribution in [0.3, 0.4) is 0 Å². The van der Waals surface area contributed by atoms with Crippen LogP contribution in [0.5, 0.6) is 0 Å². The van der Waals surface area contributed by atoms with Crippen molar-refractivity contribution in [1.29, 1.82) is 0 Å². The summed E-state index contributed by atoms with van der Waals surface area (Å²) in [7, 11) is 1.32. The second kappa shape index (κ2) is 5.96. The van der Waals surface area contributed by atoms with Crippen LogP contribution in [0.15, 0.2) is 12.4 Å². The Bertz CT molecular complexity index is 627. The van der Waals surface area contributed by atoms with Crippen LogP contribution in [-0.4, -0.2) is 28.0 Å². The largest absolute Gasteiger partial charge is 0.464 e. The minimum absolute atomic E-state index is 0.0448. The first kappa shape index (κ1) is 14.4. The fraction of sp³-hybridized carbons (Fsp3) is 0.385. The number of anilines is 1. The van der Waals surface area contributed by atoms with Crippen LogP contribution in [-0.2, 0) is 4.74 Å². The van der Waals surface area contributed by atoms with Gasteiger partial charge in [0.25, 0.3) is 0 Å². The summed E-state index contributed by atoms with van der Waals surface area (Å²) in [6.07, 6.45) is 2.95. The summed E-state index contributed by atoms with van der Waals surface area (Å²) in [6.45, 7) is 5.98. The van der Waals surface area contributed by atoms with Crippen molar-refractivity contribution in [2.45, 2.75) is 26.8 Å². The van der Waals surface area contributed by atoms with Gasteiger partial charge >= 0.3 is 5.97 Å². The van der Waals surface area contributed by atoms with Crippen LogP contribution in [0.4, 0.5) is 5.82 Å². The molecule has 0 aromatic carbocycles. The van der Waals surface area contributed by atoms with E-state index in [0.29, 0.717) is 5.82 Å². The molecule has 20 heavy (non-hydrogen) atoms. The molecule has 7 heteroatoms. The summed E-state index contributed by atoms with van der Waals surface area (Å²) in [5.41, 5.74) is 1.19. The number of rotatable bonds is 4. The fourth-order valence-electron chi connectivity index (χ4n) is 1.87. The molecule has 1 N–H and O–H groups in total. The van der Waals surface area contributed by atoms with E-state index in [0.717, 1.165) is 15.6 Å². The van der Waals surface area contributed by atoms with E-state index < -0.39 is 5.97 Å². The predicted molar refractivity (Wildman–Crippen MR) is 77.0 cm³/mol. The van der Waals surface area contributed by atoms with Crippen molar-refractivity contribution in [2.75, 3.05) is 12.4 Å². The SMILES string of the molecule is COC(=O)c1cncc(NC(C)c2sc(C)nc2C)n1. The summed E-state index contributed by atoms with van der Waals surface area (Å²) >= 11 is 1.64. The average Bonchev–Trinajstić information content (AvgIpc) is 2.77. The quantitative estimate of drug-likeness (QED) is 0.872. The van der Waals surface area contributed by atoms with Gasteiger partial charge < -0.3 is 10.1 Å². The van der Waals surface area contributed by atoms with Crippen LogP contribution in [0, 0.1) is 13.8 Å². The molecule has 6 nitrogen and oxygen atoms in total. The van der Waals surface area contributed by atoms with E-state index in [9.17, 15) is 4.79 Å². The highest BCUT2D eigenvalue weighted by Gasteiger charge is 2.15. The molecule has 2 aromatic heterocycles. The maximum absolute atomic E-state index is 11.4. The number of aromatic nitrogens is 3. The number of aryl methyl sites for hydroxylation is 2. The monoisotopic (exact) mass is 292 g/mol. The van der Waals surface area contributed by atoms with Gasteiger partial charge in [-0.15, -0.1) is 11.3 Å². The van der Waals surface area contributed by atoms with E-state index in [1.165, 1.54) is 13.3 Å². The molecule has 0 bridgehead atoms. The molecule has 0 aliphatic carbocycles. The lowest BCUT2D eigenvalue weighted by molar-refractivity contribution is 0.0593. The molecule has 0 aliphatic heterocycles. The van der Waals surface area contributed by atoms with Crippen molar-refractivity contribution in [3.05, 3.63) is 33.7 Å². The van der Waals surface area contributed by atoms with E-state index in [-0.39, 0.29) is 11.7 Å². The number of carbonyl (C=O) groups is 1. The zero-order chi connectivity index (χ0) is 14.7. The van der Waals surface area contributed by atoms with Crippen molar-refractivity contribution in [1.82, 2.24) is 15.0 Å². The Kier molecular flexibility index (Phi) is 4.29. The molecule has 0 spiro atoms. The van der Waals surface area contributed by atoms with Crippen LogP contribution in [0.25, 0.3) is 0 Å². The van der Waals surface area contributed by atoms with Gasteiger partial charge in [-0.25, -0.2) is 14.8 Å². The van der Waals surface area contributed by atoms with E-state index in [1.807, 2.05) is 20.8 Å². The van der Waals surface area contributed by atoms with Gasteiger partial charge in [-0.3, -0.25) is 4.98 Å². The van der Waals surface area contributed by atoms with Crippen molar-refractivity contribution in [3.8, 4) is 0 Å². The molecular formula is C13H16N4O2S. The van der Waals surface area contributed by atoms with Gasteiger partial charge in [-0.2, -0.15) is 0 Å². The maximum atomic E-state index is 11.4. The van der Waals surface area contributed by atoms with Gasteiger partial charge in [0.15, 0.2) is 5.69 Å². The standard InChI is InChI=1S/C13H16N4O2S/c1-7-12(20-9(3)15-7)8(2)16-11-6-14-5-10(17-11)13(18)19-4/h5-6,8H,1-4H3,(H,16,17). The highest BCUT2D eigenvalue weighted by Crippen LogP contribution is 2.26. The Morgan fingerprint density at radius 2 is 2.10 bits per heavy atom. The molecule has 0 amide bonds. The molecule has 0 saturated heterocycles. The van der Waals surface area contributed by atoms with Crippen LogP contribution in [0.1, 0.15) is 39.0 Å². The van der Waals surface area contributed by atoms with Gasteiger partial charge in [0, 0.05) is 4.88 Å². The summed E-state index contributed by atoms with van der Waals surface area (Å²) in [6, 6.07) is 0.0448. The van der Waals surface area contributed by atoms with E-state index >= 15 is 0 Å². The van der Waals surface area contributed by atoms with E-state index in [1.54, 1.807) is 17.5 Å². The second-order valence-electron chi connectivity index (χ2n) is 4.33. The Labute approximate surface area is 121 Å². The first-order chi connectivity index (χ1) is 9.51. The van der Waals surface area contributed by atoms with Gasteiger partial charge in [-0.1, -0.05) is 0 Å². The number of hydrogen-bond acceptors (Lipinski definition) is 7. The number of esters is 1. The van der Waals surface area contributed by atoms with Gasteiger partial charge in [0.2, 0.25) is 0 Å². The summed E-state index contributed by atoms with van der Waals surface area (Å²) in [4.78, 5) is 25.1. The van der Waals surface area contributed by atoms with Crippen molar-refractivity contribution < 1.29 is 9.53 Å². The number of nitrogens with one attached hydrogen (secondary N) is 1. The summed E-state index contributed by atoms with van der Waals surface area (Å²) in [5.74, 6) is 0.0319. The van der Waals surface area contributed by atoms with Crippen molar-refractivity contribution in [3.63, 3.8) is 0 Å². The number of methoxy groups -OCH3 is 1. The van der Waals surface area contributed by atoms with Crippen molar-refractivity contribution in [2.24, 2.45) is 0 Å². The summed E-state index contributed by atoms with van der Waals surface area (Å²) < 4.78 is 4.63. The molecular weight excluding hydrogens is 276 g/mol. The second-order valence-corrected chi connectivity index (χ2v) is 5.56. The topological polar surface area (TPSA) is 77.0 Å². The number of ether oxygens (including phenoxy) is 1. The third kappa shape index (κ3) is 3.11. The Balaban J connectivity index is 2.17. The first-order valence-electron chi connectivity index (χ1n) is 6.12. The molecule has 0 aliphatic rings. The Morgan fingerprint density at radius 3 is 2.70 bits per heavy atom. The molecule has 1 atom stereocenters. The Hall–Kier alpha value is -2.02. The molecule has 2 rings (SSSR count). The molecule has 0 saturated carbocycles. The predicted octanol–water partition coefficient (Wildman–Crippen LogP) is 2.51. The van der Waals surface area contributed by atoms with Crippen LogP contribution >= 0.6 is 11.3 Å². The minimum Gasteiger partial charge on any atom is -0.464 e. The normalized spacial score (nSPS) is 12.0. The number of nitrogens with zero attached hydrogens (tertiary/aromatic N) is 3. The minimum atomic E-state index is -0.501. The van der Waals surface area contributed by atoms with E-state index in [2.05, 4.69) is 25.0 Å². The highest BCUT2D eigenvalue weighted by molar-refractivity contribution is 7.11. The Morgan fingerprint density at radius 1 is 1.35 bits per heavy atom. The third-order valence-electron chi connectivity index (χ3n) is 2.73. The molecule has 106 valence electrons. The lowest BCUT2D eigenvalue weighted by Gasteiger charge is -2.13. The lowest BCUT2D eigenvalue weighted by atomic mass is 10.2. The van der Waals surface area contributed by atoms with Crippen LogP contribution in [0.2, 0.25) is 0 Å². The third-order valence-corrected chi connectivity index (χ3v) is 3.98. The zero-order valence-corrected chi connectivity index (χ0v) is 12.6. The average molecular weight is 292 g/mol. The lowest BCUT2D eigenvalue weighted by Crippen LogP contribution is -2.11. The molecule has 2 heterocycles.